The zero-order valence-electron chi connectivity index (χ0n) is 27.9. The second-order valence-electron chi connectivity index (χ2n) is 12.5. The monoisotopic (exact) mass is 688 g/mol. The lowest BCUT2D eigenvalue weighted by Crippen LogP contribution is -2.60. The fourth-order valence-electron chi connectivity index (χ4n) is 6.26. The molecule has 3 aliphatic rings. The molecule has 6 amide bonds. The van der Waals surface area contributed by atoms with E-state index >= 15 is 0 Å². The fourth-order valence-corrected chi connectivity index (χ4v) is 6.26. The van der Waals surface area contributed by atoms with Crippen LogP contribution >= 0.6 is 0 Å². The summed E-state index contributed by atoms with van der Waals surface area (Å²) in [5.74, 6) is -6.70. The molecule has 0 unspecified atom stereocenters. The van der Waals surface area contributed by atoms with Gasteiger partial charge in [0.25, 0.3) is 0 Å². The van der Waals surface area contributed by atoms with E-state index in [2.05, 4.69) is 16.0 Å². The van der Waals surface area contributed by atoms with Crippen LogP contribution in [0.4, 0.5) is 8.78 Å². The molecule has 0 radical (unpaired) electrons. The number of carbonyl (C=O) groups excluding carboxylic acids is 7. The van der Waals surface area contributed by atoms with E-state index in [1.165, 1.54) is 41.7 Å². The summed E-state index contributed by atoms with van der Waals surface area (Å²) in [6, 6.07) is -4.39. The van der Waals surface area contributed by atoms with E-state index in [9.17, 15) is 42.3 Å². The number of hydrogen-bond donors (Lipinski definition) is 3. The quantitative estimate of drug-likeness (QED) is 0.276. The summed E-state index contributed by atoms with van der Waals surface area (Å²) in [7, 11) is 1.41. The van der Waals surface area contributed by atoms with Crippen LogP contribution in [0.3, 0.4) is 0 Å². The molecule has 49 heavy (non-hydrogen) atoms. The van der Waals surface area contributed by atoms with E-state index in [4.69, 9.17) is 4.74 Å². The maximum Gasteiger partial charge on any atom is 0.328 e. The Hall–Kier alpha value is -4.89. The van der Waals surface area contributed by atoms with Gasteiger partial charge in [-0.25, -0.2) is 13.6 Å². The van der Waals surface area contributed by atoms with Gasteiger partial charge in [-0.15, -0.1) is 0 Å². The van der Waals surface area contributed by atoms with Crippen molar-refractivity contribution in [1.29, 1.82) is 0 Å². The molecule has 3 saturated heterocycles. The van der Waals surface area contributed by atoms with Crippen molar-refractivity contribution in [2.75, 3.05) is 26.7 Å². The molecule has 6 atom stereocenters. The Morgan fingerprint density at radius 1 is 0.959 bits per heavy atom. The minimum atomic E-state index is -1.56. The first kappa shape index (κ1) is 36.9. The maximum absolute atomic E-state index is 14.1. The molecule has 1 aromatic rings. The van der Waals surface area contributed by atoms with Crippen molar-refractivity contribution in [2.45, 2.75) is 89.1 Å². The van der Waals surface area contributed by atoms with Gasteiger partial charge in [-0.2, -0.15) is 0 Å². The lowest BCUT2D eigenvalue weighted by Gasteiger charge is -2.34. The third-order valence-corrected chi connectivity index (χ3v) is 8.99. The molecule has 0 spiro atoms. The zero-order chi connectivity index (χ0) is 36.0. The lowest BCUT2D eigenvalue weighted by atomic mass is 10.0. The molecule has 3 aliphatic heterocycles. The molecule has 3 N–H and O–H groups in total. The van der Waals surface area contributed by atoms with E-state index in [1.54, 1.807) is 6.92 Å². The summed E-state index contributed by atoms with van der Waals surface area (Å²) in [4.78, 5) is 97.4. The van der Waals surface area contributed by atoms with Crippen LogP contribution in [0, 0.1) is 11.6 Å². The Bertz CT molecular complexity index is 1500. The number of ether oxygens (including phenoxy) is 1. The number of cyclic esters (lactones) is 1. The molecule has 0 bridgehead atoms. The van der Waals surface area contributed by atoms with Crippen molar-refractivity contribution >= 4 is 41.4 Å². The molecule has 3 heterocycles. The molecule has 0 aromatic heterocycles. The third-order valence-electron chi connectivity index (χ3n) is 8.99. The number of halogens is 2. The Labute approximate surface area is 282 Å². The summed E-state index contributed by atoms with van der Waals surface area (Å²) < 4.78 is 33.5. The molecular weight excluding hydrogens is 646 g/mol. The fraction of sp³-hybridized carbons (Fsp3) is 0.545. The number of allylic oxidation sites excluding steroid dienone is 1. The van der Waals surface area contributed by atoms with Gasteiger partial charge in [0.2, 0.25) is 35.4 Å². The normalized spacial score (nSPS) is 26.3. The number of fused-ring (bicyclic) bond motifs is 2. The SMILES string of the molecule is C/C=C/C(=O)N[C@@H](Cc1cc(F)cc(F)c1)C(=O)N[C@H]1COC(=O)[C@@H]2CCCN2C(=O)[C@H](C)NC(=O)[C@H](C)N(C)C(=O)[C@@H]2CCCN2C1=O. The van der Waals surface area contributed by atoms with Gasteiger partial charge in [-0.3, -0.25) is 28.8 Å². The number of rotatable bonds is 6. The van der Waals surface area contributed by atoms with Gasteiger partial charge < -0.3 is 35.4 Å². The van der Waals surface area contributed by atoms with Gasteiger partial charge in [0.05, 0.1) is 0 Å². The summed E-state index contributed by atoms with van der Waals surface area (Å²) in [5.41, 5.74) is 0.0424. The summed E-state index contributed by atoms with van der Waals surface area (Å²) in [6.45, 7) is 4.19. The van der Waals surface area contributed by atoms with Crippen molar-refractivity contribution in [3.8, 4) is 0 Å². The lowest BCUT2D eigenvalue weighted by molar-refractivity contribution is -0.158. The Morgan fingerprint density at radius 2 is 1.57 bits per heavy atom. The molecule has 16 heteroatoms. The highest BCUT2D eigenvalue weighted by atomic mass is 19.1. The van der Waals surface area contributed by atoms with Crippen LogP contribution in [-0.4, -0.2) is 119 Å². The number of carbonyl (C=O) groups is 7. The van der Waals surface area contributed by atoms with Gasteiger partial charge >= 0.3 is 5.97 Å². The maximum atomic E-state index is 14.1. The average Bonchev–Trinajstić information content (AvgIpc) is 3.74. The predicted octanol–water partition coefficient (Wildman–Crippen LogP) is -0.0566. The molecule has 14 nitrogen and oxygen atoms in total. The zero-order valence-corrected chi connectivity index (χ0v) is 27.9. The Kier molecular flexibility index (Phi) is 12.1. The molecule has 1 aromatic carbocycles. The van der Waals surface area contributed by atoms with E-state index in [1.807, 2.05) is 0 Å². The first-order chi connectivity index (χ1) is 23.2. The van der Waals surface area contributed by atoms with E-state index < -0.39 is 95.9 Å². The minimum Gasteiger partial charge on any atom is -0.461 e. The van der Waals surface area contributed by atoms with Gasteiger partial charge in [-0.05, 0) is 70.2 Å². The van der Waals surface area contributed by atoms with E-state index in [0.717, 1.165) is 18.2 Å². The molecule has 0 aliphatic carbocycles. The highest BCUT2D eigenvalue weighted by Crippen LogP contribution is 2.23. The molecule has 3 fully saturated rings. The second kappa shape index (κ2) is 16.0. The molecule has 266 valence electrons. The topological polar surface area (TPSA) is 175 Å². The standard InChI is InChI=1S/C33H42F2N6O8/c1-5-8-27(42)37-23(15-20-13-21(34)16-22(35)14-20)29(44)38-24-17-49-33(48)26-10-7-12-41(26)30(45)18(2)36-28(43)19(3)39(4)32(47)25-9-6-11-40(25)31(24)46/h5,8,13-14,16,18-19,23-26H,6-7,9-12,15,17H2,1-4H3,(H,36,43)(H,37,42)(H,38,44)/b8-5+/t18-,19-,23-,24-,25-,26-/m0/s1. The minimum absolute atomic E-state index is 0.0424. The number of nitrogens with zero attached hydrogens (tertiary/aromatic N) is 3. The van der Waals surface area contributed by atoms with Crippen LogP contribution in [0.25, 0.3) is 0 Å². The Balaban J connectivity index is 1.67. The number of benzene rings is 1. The highest BCUT2D eigenvalue weighted by molar-refractivity contribution is 5.98. The molecule has 0 saturated carbocycles. The second-order valence-corrected chi connectivity index (χ2v) is 12.5. The van der Waals surface area contributed by atoms with Gasteiger partial charge in [0.15, 0.2) is 0 Å². The number of hydrogen-bond acceptors (Lipinski definition) is 8. The summed E-state index contributed by atoms with van der Waals surface area (Å²) in [5, 5.41) is 7.59. The average molecular weight is 689 g/mol. The van der Waals surface area contributed by atoms with Crippen molar-refractivity contribution in [1.82, 2.24) is 30.7 Å². The molecule has 4 rings (SSSR count). The van der Waals surface area contributed by atoms with Gasteiger partial charge in [-0.1, -0.05) is 6.08 Å². The first-order valence-electron chi connectivity index (χ1n) is 16.2. The van der Waals surface area contributed by atoms with E-state index in [-0.39, 0.29) is 37.9 Å². The van der Waals surface area contributed by atoms with Crippen LogP contribution in [0.1, 0.15) is 52.0 Å². The number of esters is 1. The van der Waals surface area contributed by atoms with E-state index in [0.29, 0.717) is 18.9 Å². The number of likely N-dealkylation sites (N-methyl/N-ethyl adjacent to an activating group) is 1. The molecular formula is C33H42F2N6O8. The van der Waals surface area contributed by atoms with Crippen LogP contribution in [-0.2, 0) is 44.7 Å². The van der Waals surface area contributed by atoms with Gasteiger partial charge in [0.1, 0.15) is 54.5 Å². The van der Waals surface area contributed by atoms with Crippen molar-refractivity contribution in [3.63, 3.8) is 0 Å². The third kappa shape index (κ3) is 8.78. The highest BCUT2D eigenvalue weighted by Gasteiger charge is 2.43. The number of nitrogens with one attached hydrogen (secondary N) is 3. The van der Waals surface area contributed by atoms with Gasteiger partial charge in [0, 0.05) is 32.6 Å². The Morgan fingerprint density at radius 3 is 2.20 bits per heavy atom. The van der Waals surface area contributed by atoms with Crippen molar-refractivity contribution < 1.29 is 47.1 Å². The smallest absolute Gasteiger partial charge is 0.328 e. The van der Waals surface area contributed by atoms with Crippen LogP contribution in [0.2, 0.25) is 0 Å². The van der Waals surface area contributed by atoms with Crippen LogP contribution < -0.4 is 16.0 Å². The van der Waals surface area contributed by atoms with Crippen molar-refractivity contribution in [2.24, 2.45) is 0 Å². The van der Waals surface area contributed by atoms with Crippen molar-refractivity contribution in [3.05, 3.63) is 47.5 Å². The van der Waals surface area contributed by atoms with Crippen LogP contribution in [0.15, 0.2) is 30.4 Å². The largest absolute Gasteiger partial charge is 0.461 e. The number of amides is 6. The first-order valence-corrected chi connectivity index (χ1v) is 16.2. The predicted molar refractivity (Wildman–Crippen MR) is 169 cm³/mol. The summed E-state index contributed by atoms with van der Waals surface area (Å²) in [6.07, 6.45) is 3.61. The van der Waals surface area contributed by atoms with Crippen LogP contribution in [0.5, 0.6) is 0 Å². The summed E-state index contributed by atoms with van der Waals surface area (Å²) >= 11 is 0.